The van der Waals surface area contributed by atoms with E-state index in [0.29, 0.717) is 5.69 Å². The van der Waals surface area contributed by atoms with Crippen molar-refractivity contribution in [3.63, 3.8) is 0 Å². The summed E-state index contributed by atoms with van der Waals surface area (Å²) < 4.78 is 12.2. The summed E-state index contributed by atoms with van der Waals surface area (Å²) in [6.45, 7) is 3.43. The van der Waals surface area contributed by atoms with Crippen LogP contribution in [-0.2, 0) is 4.74 Å². The Hall–Kier alpha value is -1.51. The van der Waals surface area contributed by atoms with Crippen molar-refractivity contribution in [2.24, 2.45) is 0 Å². The molecule has 0 fully saturated rings. The van der Waals surface area contributed by atoms with Crippen LogP contribution >= 0.6 is 0 Å². The van der Waals surface area contributed by atoms with Gasteiger partial charge in [-0.25, -0.2) is 4.79 Å². The molecule has 0 aliphatic carbocycles. The normalized spacial score (nSPS) is 11.7. The second-order valence-electron chi connectivity index (χ2n) is 3.64. The maximum absolute atomic E-state index is 11.4. The molecule has 0 heterocycles. The molecule has 0 atom stereocenters. The van der Waals surface area contributed by atoms with E-state index in [1.807, 2.05) is 18.2 Å². The smallest absolute Gasteiger partial charge is 0.412 e. The van der Waals surface area contributed by atoms with Crippen LogP contribution in [0.5, 0.6) is 0 Å². The molecule has 1 amide bonds. The third kappa shape index (κ3) is 3.94. The lowest BCUT2D eigenvalue weighted by Crippen LogP contribution is -2.27. The van der Waals surface area contributed by atoms with Gasteiger partial charge in [-0.15, -0.1) is 0 Å². The minimum absolute atomic E-state index is 0.0369. The van der Waals surface area contributed by atoms with Crippen molar-refractivity contribution >= 4 is 11.8 Å². The summed E-state index contributed by atoms with van der Waals surface area (Å²) in [6, 6.07) is 9.06. The molecule has 3 heteroatoms. The molecule has 0 saturated heterocycles. The zero-order valence-electron chi connectivity index (χ0n) is 9.41. The average Bonchev–Trinajstić information content (AvgIpc) is 2.18. The number of para-hydroxylation sites is 1. The van der Waals surface area contributed by atoms with Gasteiger partial charge in [-0.1, -0.05) is 18.2 Å². The predicted octanol–water partition coefficient (Wildman–Crippen LogP) is 3.03. The summed E-state index contributed by atoms with van der Waals surface area (Å²) in [5, 5.41) is 2.59. The van der Waals surface area contributed by atoms with Gasteiger partial charge in [0.25, 0.3) is 0 Å². The Morgan fingerprint density at radius 2 is 2.07 bits per heavy atom. The lowest BCUT2D eigenvalue weighted by Gasteiger charge is -2.19. The van der Waals surface area contributed by atoms with Crippen LogP contribution < -0.4 is 5.32 Å². The Kier molecular flexibility index (Phi) is 2.68. The third-order valence-electron chi connectivity index (χ3n) is 1.39. The van der Waals surface area contributed by atoms with Crippen molar-refractivity contribution in [2.45, 2.75) is 26.3 Å². The van der Waals surface area contributed by atoms with Crippen LogP contribution in [0, 0.1) is 0 Å². The van der Waals surface area contributed by atoms with Crippen LogP contribution in [0.4, 0.5) is 10.5 Å². The second-order valence-corrected chi connectivity index (χ2v) is 3.64. The van der Waals surface area contributed by atoms with Gasteiger partial charge >= 0.3 is 6.09 Å². The first-order valence-electron chi connectivity index (χ1n) is 5.08. The second kappa shape index (κ2) is 4.13. The van der Waals surface area contributed by atoms with Crippen LogP contribution in [0.25, 0.3) is 0 Å². The zero-order valence-corrected chi connectivity index (χ0v) is 8.41. The maximum atomic E-state index is 11.4. The molecule has 0 spiro atoms. The highest BCUT2D eigenvalue weighted by Gasteiger charge is 2.15. The molecule has 0 aliphatic rings. The Labute approximate surface area is 85.5 Å². The highest BCUT2D eigenvalue weighted by atomic mass is 16.6. The first-order chi connectivity index (χ1) is 7.03. The molecule has 0 aliphatic heterocycles. The number of hydrogen-bond donors (Lipinski definition) is 1. The van der Waals surface area contributed by atoms with Gasteiger partial charge in [0.15, 0.2) is 0 Å². The number of carbonyl (C=O) groups is 1. The predicted molar refractivity (Wildman–Crippen MR) is 56.3 cm³/mol. The summed E-state index contributed by atoms with van der Waals surface area (Å²) in [6.07, 6.45) is -0.529. The number of anilines is 1. The van der Waals surface area contributed by atoms with E-state index in [4.69, 9.17) is 6.11 Å². The molecular weight excluding hydrogens is 178 g/mol. The molecule has 76 valence electrons. The van der Waals surface area contributed by atoms with Gasteiger partial charge < -0.3 is 4.74 Å². The number of carbonyl (C=O) groups excluding carboxylic acids is 1. The van der Waals surface area contributed by atoms with E-state index in [9.17, 15) is 4.79 Å². The number of nitrogens with one attached hydrogen (secondary N) is 1. The quantitative estimate of drug-likeness (QED) is 0.746. The van der Waals surface area contributed by atoms with E-state index < -0.39 is 11.7 Å². The fourth-order valence-electron chi connectivity index (χ4n) is 0.916. The minimum atomic E-state index is -0.751. The SMILES string of the molecule is [2H]CC(C)(C)OC(=O)Nc1ccccc1. The number of hydrogen-bond acceptors (Lipinski definition) is 2. The molecule has 0 aromatic heterocycles. The maximum Gasteiger partial charge on any atom is 0.412 e. The van der Waals surface area contributed by atoms with Gasteiger partial charge in [-0.2, -0.15) is 0 Å². The standard InChI is InChI=1S/C11H15NO2/c1-11(2,3)14-10(13)12-9-7-5-4-6-8-9/h4-8H,1-3H3,(H,12,13)/i1D. The van der Waals surface area contributed by atoms with Crippen LogP contribution in [-0.4, -0.2) is 11.7 Å². The van der Waals surface area contributed by atoms with Crippen molar-refractivity contribution in [1.82, 2.24) is 0 Å². The summed E-state index contributed by atoms with van der Waals surface area (Å²) in [5.74, 6) is 0. The molecule has 0 saturated carbocycles. The lowest BCUT2D eigenvalue weighted by atomic mass is 10.2. The van der Waals surface area contributed by atoms with Crippen LogP contribution in [0.3, 0.4) is 0 Å². The van der Waals surface area contributed by atoms with Gasteiger partial charge in [-0.3, -0.25) is 5.32 Å². The van der Waals surface area contributed by atoms with Gasteiger partial charge in [0.1, 0.15) is 5.60 Å². The minimum Gasteiger partial charge on any atom is -0.444 e. The highest BCUT2D eigenvalue weighted by molar-refractivity contribution is 5.84. The fraction of sp³-hybridized carbons (Fsp3) is 0.364. The van der Waals surface area contributed by atoms with Crippen molar-refractivity contribution in [1.29, 1.82) is 0 Å². The van der Waals surface area contributed by atoms with Gasteiger partial charge in [-0.05, 0) is 32.9 Å². The first kappa shape index (κ1) is 9.06. The first-order valence-corrected chi connectivity index (χ1v) is 4.38. The van der Waals surface area contributed by atoms with Crippen LogP contribution in [0.15, 0.2) is 30.3 Å². The Morgan fingerprint density at radius 3 is 2.64 bits per heavy atom. The Bertz CT molecular complexity index is 325. The zero-order chi connectivity index (χ0) is 11.3. The van der Waals surface area contributed by atoms with Crippen molar-refractivity contribution in [3.8, 4) is 0 Å². The molecule has 0 unspecified atom stereocenters. The average molecular weight is 194 g/mol. The van der Waals surface area contributed by atoms with E-state index in [1.165, 1.54) is 0 Å². The molecule has 1 aromatic carbocycles. The van der Waals surface area contributed by atoms with E-state index in [0.717, 1.165) is 0 Å². The summed E-state index contributed by atoms with van der Waals surface area (Å²) in [7, 11) is 0. The van der Waals surface area contributed by atoms with Crippen molar-refractivity contribution in [2.75, 3.05) is 5.32 Å². The van der Waals surface area contributed by atoms with Crippen LogP contribution in [0.1, 0.15) is 22.1 Å². The fourth-order valence-corrected chi connectivity index (χ4v) is 0.916. The molecule has 0 radical (unpaired) electrons. The van der Waals surface area contributed by atoms with Crippen molar-refractivity contribution < 1.29 is 10.9 Å². The van der Waals surface area contributed by atoms with Crippen molar-refractivity contribution in [3.05, 3.63) is 30.3 Å². The Morgan fingerprint density at radius 1 is 1.43 bits per heavy atom. The molecular formula is C11H15NO2. The number of benzene rings is 1. The third-order valence-corrected chi connectivity index (χ3v) is 1.39. The number of rotatable bonds is 1. The number of amides is 1. The van der Waals surface area contributed by atoms with Gasteiger partial charge in [0, 0.05) is 7.06 Å². The van der Waals surface area contributed by atoms with Gasteiger partial charge in [0.05, 0.1) is 0 Å². The summed E-state index contributed by atoms with van der Waals surface area (Å²) in [5.41, 5.74) is -0.0675. The Balaban J connectivity index is 2.51. The summed E-state index contributed by atoms with van der Waals surface area (Å²) in [4.78, 5) is 11.4. The van der Waals surface area contributed by atoms with Gasteiger partial charge in [0.2, 0.25) is 0 Å². The monoisotopic (exact) mass is 194 g/mol. The number of ether oxygens (including phenoxy) is 1. The molecule has 1 rings (SSSR count). The molecule has 14 heavy (non-hydrogen) atoms. The van der Waals surface area contributed by atoms with E-state index >= 15 is 0 Å². The van der Waals surface area contributed by atoms with E-state index in [1.54, 1.807) is 26.0 Å². The molecule has 3 nitrogen and oxygen atoms in total. The molecule has 1 N–H and O–H groups in total. The molecule has 1 aromatic rings. The largest absolute Gasteiger partial charge is 0.444 e. The van der Waals surface area contributed by atoms with E-state index in [2.05, 4.69) is 5.32 Å². The summed E-state index contributed by atoms with van der Waals surface area (Å²) >= 11 is 0. The highest BCUT2D eigenvalue weighted by Crippen LogP contribution is 2.10. The lowest BCUT2D eigenvalue weighted by molar-refractivity contribution is 0.0636. The molecule has 0 bridgehead atoms. The topological polar surface area (TPSA) is 38.3 Å². The van der Waals surface area contributed by atoms with E-state index in [-0.39, 0.29) is 6.90 Å². The van der Waals surface area contributed by atoms with Crippen LogP contribution in [0.2, 0.25) is 0 Å².